The Morgan fingerprint density at radius 1 is 1.53 bits per heavy atom. The first-order valence-corrected chi connectivity index (χ1v) is 5.18. The number of nitrogens with two attached hydrogens (primary N) is 2. The lowest BCUT2D eigenvalue weighted by atomic mass is 10.1. The van der Waals surface area contributed by atoms with Crippen molar-refractivity contribution in [2.45, 2.75) is 13.3 Å². The molecular weight excluding hydrogens is 222 g/mol. The van der Waals surface area contributed by atoms with Crippen LogP contribution in [0.5, 0.6) is 0 Å². The molecule has 4 N–H and O–H groups in total. The van der Waals surface area contributed by atoms with Crippen LogP contribution in [-0.4, -0.2) is 28.3 Å². The zero-order valence-electron chi connectivity index (χ0n) is 9.38. The molecule has 1 fully saturated rings. The van der Waals surface area contributed by atoms with Crippen LogP contribution in [-0.2, 0) is 9.59 Å². The fraction of sp³-hybridized carbons (Fsp3) is 0.400. The zero-order valence-corrected chi connectivity index (χ0v) is 9.38. The van der Waals surface area contributed by atoms with E-state index in [0.29, 0.717) is 11.5 Å². The number of nitrogen functional groups attached to an aromatic ring is 1. The molecule has 2 heterocycles. The Hall–Kier alpha value is -2.18. The molecule has 90 valence electrons. The van der Waals surface area contributed by atoms with E-state index in [2.05, 4.69) is 9.97 Å². The summed E-state index contributed by atoms with van der Waals surface area (Å²) in [6.07, 6.45) is 0.104. The third-order valence-corrected chi connectivity index (χ3v) is 2.63. The molecular formula is C10H13N5O2. The van der Waals surface area contributed by atoms with E-state index in [0.717, 1.165) is 0 Å². The highest BCUT2D eigenvalue weighted by Crippen LogP contribution is 2.22. The highest BCUT2D eigenvalue weighted by molar-refractivity contribution is 5.98. The number of primary amides is 1. The fourth-order valence-corrected chi connectivity index (χ4v) is 1.79. The maximum Gasteiger partial charge on any atom is 0.234 e. The number of aromatic nitrogens is 2. The molecule has 1 atom stereocenters. The summed E-state index contributed by atoms with van der Waals surface area (Å²) in [6.45, 7) is 1.98. The molecule has 7 heteroatoms. The number of carbonyl (C=O) groups excluding carboxylic acids is 2. The van der Waals surface area contributed by atoms with Crippen LogP contribution in [0.25, 0.3) is 0 Å². The number of nitrogens with zero attached hydrogens (tertiary/aromatic N) is 3. The van der Waals surface area contributed by atoms with E-state index in [1.54, 1.807) is 13.0 Å². The first-order chi connectivity index (χ1) is 7.97. The second-order valence-corrected chi connectivity index (χ2v) is 4.04. The monoisotopic (exact) mass is 235 g/mol. The zero-order chi connectivity index (χ0) is 12.6. The third-order valence-electron chi connectivity index (χ3n) is 2.63. The topological polar surface area (TPSA) is 115 Å². The van der Waals surface area contributed by atoms with E-state index in [1.807, 2.05) is 0 Å². The Morgan fingerprint density at radius 2 is 2.24 bits per heavy atom. The standard InChI is InChI=1S/C10H13N5O2/c1-5-2-7(11)14-10(13-5)15-4-6(9(12)17)3-8(15)16/h2,6H,3-4H2,1H3,(H2,12,17)(H2,11,13,14). The van der Waals surface area contributed by atoms with E-state index in [9.17, 15) is 9.59 Å². The van der Waals surface area contributed by atoms with Crippen LogP contribution in [0.1, 0.15) is 12.1 Å². The molecule has 1 aliphatic heterocycles. The van der Waals surface area contributed by atoms with Crippen molar-refractivity contribution in [3.8, 4) is 0 Å². The molecule has 2 amide bonds. The lowest BCUT2D eigenvalue weighted by Gasteiger charge is -2.14. The smallest absolute Gasteiger partial charge is 0.234 e. The van der Waals surface area contributed by atoms with Gasteiger partial charge in [-0.25, -0.2) is 4.98 Å². The van der Waals surface area contributed by atoms with E-state index in [4.69, 9.17) is 11.5 Å². The molecule has 2 rings (SSSR count). The molecule has 0 aromatic carbocycles. The molecule has 17 heavy (non-hydrogen) atoms. The molecule has 1 aromatic heterocycles. The average Bonchev–Trinajstić information content (AvgIpc) is 2.59. The summed E-state index contributed by atoms with van der Waals surface area (Å²) in [5, 5.41) is 0. The Kier molecular flexibility index (Phi) is 2.66. The second-order valence-electron chi connectivity index (χ2n) is 4.04. The molecule has 0 spiro atoms. The molecule has 0 bridgehead atoms. The minimum atomic E-state index is -0.485. The Morgan fingerprint density at radius 3 is 2.76 bits per heavy atom. The van der Waals surface area contributed by atoms with Gasteiger partial charge in [-0.1, -0.05) is 0 Å². The maximum absolute atomic E-state index is 11.7. The van der Waals surface area contributed by atoms with Crippen molar-refractivity contribution >= 4 is 23.6 Å². The van der Waals surface area contributed by atoms with Gasteiger partial charge in [0, 0.05) is 24.7 Å². The van der Waals surface area contributed by atoms with Crippen LogP contribution in [0.15, 0.2) is 6.07 Å². The average molecular weight is 235 g/mol. The molecule has 1 saturated heterocycles. The van der Waals surface area contributed by atoms with E-state index in [1.165, 1.54) is 4.90 Å². The number of hydrogen-bond donors (Lipinski definition) is 2. The second kappa shape index (κ2) is 4.00. The molecule has 0 aliphatic carbocycles. The number of hydrogen-bond acceptors (Lipinski definition) is 5. The molecule has 1 aliphatic rings. The van der Waals surface area contributed by atoms with Gasteiger partial charge in [0.05, 0.1) is 5.92 Å². The highest BCUT2D eigenvalue weighted by Gasteiger charge is 2.35. The van der Waals surface area contributed by atoms with Gasteiger partial charge in [0.2, 0.25) is 17.8 Å². The number of anilines is 2. The van der Waals surface area contributed by atoms with Crippen molar-refractivity contribution in [3.05, 3.63) is 11.8 Å². The first-order valence-electron chi connectivity index (χ1n) is 5.18. The van der Waals surface area contributed by atoms with Crippen LogP contribution >= 0.6 is 0 Å². The van der Waals surface area contributed by atoms with Crippen molar-refractivity contribution in [1.82, 2.24) is 9.97 Å². The molecule has 0 saturated carbocycles. The summed E-state index contributed by atoms with van der Waals surface area (Å²) in [5.74, 6) is -0.646. The van der Waals surface area contributed by atoms with Crippen molar-refractivity contribution < 1.29 is 9.59 Å². The van der Waals surface area contributed by atoms with Gasteiger partial charge in [0.15, 0.2) is 0 Å². The SMILES string of the molecule is Cc1cc(N)nc(N2CC(C(N)=O)CC2=O)n1. The highest BCUT2D eigenvalue weighted by atomic mass is 16.2. The van der Waals surface area contributed by atoms with Crippen molar-refractivity contribution in [1.29, 1.82) is 0 Å². The Balaban J connectivity index is 2.28. The van der Waals surface area contributed by atoms with Gasteiger partial charge in [-0.2, -0.15) is 4.98 Å². The summed E-state index contributed by atoms with van der Waals surface area (Å²) in [6, 6.07) is 1.61. The van der Waals surface area contributed by atoms with Crippen LogP contribution in [0.3, 0.4) is 0 Å². The number of aryl methyl sites for hydroxylation is 1. The number of carbonyl (C=O) groups is 2. The summed E-state index contributed by atoms with van der Waals surface area (Å²) in [7, 11) is 0. The van der Waals surface area contributed by atoms with E-state index < -0.39 is 11.8 Å². The predicted molar refractivity (Wildman–Crippen MR) is 60.8 cm³/mol. The Bertz CT molecular complexity index is 467. The third kappa shape index (κ3) is 2.17. The summed E-state index contributed by atoms with van der Waals surface area (Å²) < 4.78 is 0. The molecule has 7 nitrogen and oxygen atoms in total. The molecule has 0 radical (unpaired) electrons. The van der Waals surface area contributed by atoms with Gasteiger partial charge in [0.25, 0.3) is 0 Å². The van der Waals surface area contributed by atoms with Gasteiger partial charge in [0.1, 0.15) is 5.82 Å². The van der Waals surface area contributed by atoms with Crippen LogP contribution in [0, 0.1) is 12.8 Å². The van der Waals surface area contributed by atoms with Gasteiger partial charge >= 0.3 is 0 Å². The maximum atomic E-state index is 11.7. The summed E-state index contributed by atoms with van der Waals surface area (Å²) >= 11 is 0. The van der Waals surface area contributed by atoms with Crippen molar-refractivity contribution in [2.75, 3.05) is 17.2 Å². The Labute approximate surface area is 97.8 Å². The first kappa shape index (κ1) is 11.3. The molecule has 1 unspecified atom stereocenters. The van der Waals surface area contributed by atoms with Crippen LogP contribution in [0.4, 0.5) is 11.8 Å². The summed E-state index contributed by atoms with van der Waals surface area (Å²) in [4.78, 5) is 32.2. The van der Waals surface area contributed by atoms with Crippen LogP contribution < -0.4 is 16.4 Å². The van der Waals surface area contributed by atoms with Crippen molar-refractivity contribution in [3.63, 3.8) is 0 Å². The van der Waals surface area contributed by atoms with Gasteiger partial charge in [-0.15, -0.1) is 0 Å². The minimum Gasteiger partial charge on any atom is -0.384 e. The van der Waals surface area contributed by atoms with Gasteiger partial charge in [-0.3, -0.25) is 14.5 Å². The number of amides is 2. The quantitative estimate of drug-likeness (QED) is 0.696. The van der Waals surface area contributed by atoms with Crippen LogP contribution in [0.2, 0.25) is 0 Å². The number of rotatable bonds is 2. The van der Waals surface area contributed by atoms with E-state index in [-0.39, 0.29) is 24.8 Å². The van der Waals surface area contributed by atoms with Gasteiger partial charge < -0.3 is 11.5 Å². The fourth-order valence-electron chi connectivity index (χ4n) is 1.79. The largest absolute Gasteiger partial charge is 0.384 e. The lowest BCUT2D eigenvalue weighted by Crippen LogP contribution is -2.30. The van der Waals surface area contributed by atoms with Gasteiger partial charge in [-0.05, 0) is 6.92 Å². The molecule has 1 aromatic rings. The van der Waals surface area contributed by atoms with Crippen molar-refractivity contribution in [2.24, 2.45) is 11.7 Å². The van der Waals surface area contributed by atoms with E-state index >= 15 is 0 Å². The summed E-state index contributed by atoms with van der Waals surface area (Å²) in [5.41, 5.74) is 11.4. The predicted octanol–water partition coefficient (Wildman–Crippen LogP) is -0.795. The minimum absolute atomic E-state index is 0.104. The lowest BCUT2D eigenvalue weighted by molar-refractivity contribution is -0.123. The normalized spacial score (nSPS) is 19.7.